The zero-order valence-electron chi connectivity index (χ0n) is 30.3. The molecule has 0 bridgehead atoms. The Labute approximate surface area is 316 Å². The van der Waals surface area contributed by atoms with Gasteiger partial charge in [0.1, 0.15) is 0 Å². The molecule has 0 aliphatic rings. The minimum absolute atomic E-state index is 1.21. The summed E-state index contributed by atoms with van der Waals surface area (Å²) in [7, 11) is 0. The average Bonchev–Trinajstić information content (AvgIpc) is 3.91. The van der Waals surface area contributed by atoms with Gasteiger partial charge in [-0.25, -0.2) is 0 Å². The van der Waals surface area contributed by atoms with Crippen LogP contribution in [0.4, 0.5) is 0 Å². The van der Waals surface area contributed by atoms with E-state index in [9.17, 15) is 0 Å². The average molecular weight is 735 g/mol. The van der Waals surface area contributed by atoms with Gasteiger partial charge in [-0.3, -0.25) is 0 Å². The van der Waals surface area contributed by atoms with Gasteiger partial charge in [0.2, 0.25) is 0 Å². The molecule has 0 aliphatic carbocycles. The van der Waals surface area contributed by atoms with E-state index in [4.69, 9.17) is 0 Å². The lowest BCUT2D eigenvalue weighted by Crippen LogP contribution is -1.86. The number of thiophene rings is 4. The van der Waals surface area contributed by atoms with Crippen LogP contribution in [0.25, 0.3) is 59.9 Å². The fourth-order valence-corrected chi connectivity index (χ4v) is 12.9. The third-order valence-corrected chi connectivity index (χ3v) is 15.7. The van der Waals surface area contributed by atoms with Crippen LogP contribution in [0.2, 0.25) is 0 Å². The Kier molecular flexibility index (Phi) is 12.8. The van der Waals surface area contributed by atoms with Crippen LogP contribution in [0.5, 0.6) is 0 Å². The van der Waals surface area contributed by atoms with E-state index in [0.717, 1.165) is 0 Å². The lowest BCUT2D eigenvalue weighted by Gasteiger charge is -2.04. The molecule has 50 heavy (non-hydrogen) atoms. The molecule has 0 saturated carbocycles. The lowest BCUT2D eigenvalue weighted by molar-refractivity contribution is 0.575. The highest BCUT2D eigenvalue weighted by Crippen LogP contribution is 2.50. The van der Waals surface area contributed by atoms with Crippen LogP contribution in [0, 0.1) is 0 Å². The minimum atomic E-state index is 1.21. The summed E-state index contributed by atoms with van der Waals surface area (Å²) in [6, 6.07) is 28.6. The first kappa shape index (κ1) is 35.9. The second-order valence-electron chi connectivity index (χ2n) is 14.5. The van der Waals surface area contributed by atoms with E-state index in [-0.39, 0.29) is 0 Å². The number of aryl methyl sites for hydroxylation is 2. The number of fused-ring (bicyclic) bond motifs is 7. The van der Waals surface area contributed by atoms with Crippen molar-refractivity contribution in [3.05, 3.63) is 83.9 Å². The summed E-state index contributed by atoms with van der Waals surface area (Å²) in [4.78, 5) is 2.79. The van der Waals surface area contributed by atoms with Crippen molar-refractivity contribution in [1.29, 1.82) is 0 Å². The molecule has 262 valence electrons. The molecule has 0 spiro atoms. The standard InChI is InChI=1S/C46H54S4/c1-3-5-7-9-11-13-15-17-19-33-21-25-35(26-22-33)39-31-41-43(47-39)37-29-30-38-44-42(50-46(38)45(37)49-41)32-40(48-44)36-27-23-34(24-28-36)20-18-16-14-12-10-8-6-4-2/h21-32H,3-20H2,1-2H3. The van der Waals surface area contributed by atoms with E-state index >= 15 is 0 Å². The maximum atomic E-state index is 2.44. The van der Waals surface area contributed by atoms with E-state index < -0.39 is 0 Å². The molecule has 0 atom stereocenters. The fourth-order valence-electron chi connectivity index (χ4n) is 7.50. The van der Waals surface area contributed by atoms with Gasteiger partial charge in [0.15, 0.2) is 0 Å². The Morgan fingerprint density at radius 1 is 0.360 bits per heavy atom. The van der Waals surface area contributed by atoms with Crippen molar-refractivity contribution in [2.75, 3.05) is 0 Å². The Morgan fingerprint density at radius 2 is 0.720 bits per heavy atom. The van der Waals surface area contributed by atoms with Gasteiger partial charge < -0.3 is 0 Å². The Morgan fingerprint density at radius 3 is 1.10 bits per heavy atom. The van der Waals surface area contributed by atoms with Crippen molar-refractivity contribution >= 4 is 84.3 Å². The maximum absolute atomic E-state index is 2.44. The Balaban J connectivity index is 0.973. The normalized spacial score (nSPS) is 12.0. The van der Waals surface area contributed by atoms with E-state index in [1.807, 2.05) is 45.3 Å². The maximum Gasteiger partial charge on any atom is 0.0542 e. The Bertz CT molecular complexity index is 1930. The molecule has 0 unspecified atom stereocenters. The Hall–Kier alpha value is -2.50. The van der Waals surface area contributed by atoms with Gasteiger partial charge in [-0.1, -0.05) is 164 Å². The van der Waals surface area contributed by atoms with Gasteiger partial charge >= 0.3 is 0 Å². The number of hydrogen-bond acceptors (Lipinski definition) is 4. The summed E-state index contributed by atoms with van der Waals surface area (Å²) in [6.07, 6.45) is 24.6. The first-order valence-electron chi connectivity index (χ1n) is 19.7. The van der Waals surface area contributed by atoms with Gasteiger partial charge in [-0.05, 0) is 60.1 Å². The third-order valence-electron chi connectivity index (χ3n) is 10.5. The molecule has 0 fully saturated rings. The van der Waals surface area contributed by atoms with Crippen molar-refractivity contribution in [2.45, 2.75) is 129 Å². The van der Waals surface area contributed by atoms with Gasteiger partial charge in [0.05, 0.1) is 18.8 Å². The summed E-state index contributed by atoms with van der Waals surface area (Å²) >= 11 is 7.92. The quantitative estimate of drug-likeness (QED) is 0.0684. The molecule has 7 aromatic rings. The highest BCUT2D eigenvalue weighted by atomic mass is 32.1. The lowest BCUT2D eigenvalue weighted by atomic mass is 10.0. The summed E-state index contributed by atoms with van der Waals surface area (Å²) in [5.41, 5.74) is 5.69. The van der Waals surface area contributed by atoms with Crippen LogP contribution in [-0.4, -0.2) is 0 Å². The number of benzene rings is 3. The van der Waals surface area contributed by atoms with Gasteiger partial charge in [-0.2, -0.15) is 0 Å². The van der Waals surface area contributed by atoms with Crippen LogP contribution in [-0.2, 0) is 12.8 Å². The van der Waals surface area contributed by atoms with Crippen LogP contribution in [0.3, 0.4) is 0 Å². The molecule has 0 saturated heterocycles. The summed E-state index contributed by atoms with van der Waals surface area (Å²) in [5.74, 6) is 0. The van der Waals surface area contributed by atoms with E-state index in [2.05, 4.69) is 86.6 Å². The molecule has 4 heterocycles. The molecule has 4 aromatic heterocycles. The molecule has 4 heteroatoms. The number of rotatable bonds is 20. The third kappa shape index (κ3) is 8.58. The number of unbranched alkanes of at least 4 members (excludes halogenated alkanes) is 14. The van der Waals surface area contributed by atoms with Crippen molar-refractivity contribution in [3.63, 3.8) is 0 Å². The van der Waals surface area contributed by atoms with Crippen LogP contribution in [0.1, 0.15) is 128 Å². The molecular weight excluding hydrogens is 681 g/mol. The van der Waals surface area contributed by atoms with Crippen molar-refractivity contribution in [2.24, 2.45) is 0 Å². The van der Waals surface area contributed by atoms with E-state index in [1.54, 1.807) is 0 Å². The van der Waals surface area contributed by atoms with Crippen LogP contribution < -0.4 is 0 Å². The van der Waals surface area contributed by atoms with Crippen molar-refractivity contribution in [3.8, 4) is 20.9 Å². The molecule has 0 radical (unpaired) electrons. The second-order valence-corrected chi connectivity index (χ2v) is 18.7. The summed E-state index contributed by atoms with van der Waals surface area (Å²) in [5, 5.41) is 2.86. The molecule has 7 rings (SSSR count). The molecule has 0 nitrogen and oxygen atoms in total. The SMILES string of the molecule is CCCCCCCCCCc1ccc(-c2cc3sc4c(ccc5c6sc(-c7ccc(CCCCCCCCCC)cc7)cc6sc54)c3s2)cc1. The van der Waals surface area contributed by atoms with Crippen LogP contribution >= 0.6 is 45.3 Å². The summed E-state index contributed by atoms with van der Waals surface area (Å²) < 4.78 is 8.71. The van der Waals surface area contributed by atoms with Crippen LogP contribution in [0.15, 0.2) is 72.8 Å². The first-order chi connectivity index (χ1) is 24.7. The largest absolute Gasteiger partial charge is 0.134 e. The molecule has 0 N–H and O–H groups in total. The van der Waals surface area contributed by atoms with Gasteiger partial charge in [0.25, 0.3) is 0 Å². The predicted molar refractivity (Wildman–Crippen MR) is 231 cm³/mol. The predicted octanol–water partition coefficient (Wildman–Crippen LogP) is 17.2. The smallest absolute Gasteiger partial charge is 0.0542 e. The minimum Gasteiger partial charge on any atom is -0.134 e. The molecular formula is C46H54S4. The zero-order chi connectivity index (χ0) is 34.1. The van der Waals surface area contributed by atoms with Crippen molar-refractivity contribution in [1.82, 2.24) is 0 Å². The topological polar surface area (TPSA) is 0 Å². The van der Waals surface area contributed by atoms with Gasteiger partial charge in [0, 0.05) is 29.9 Å². The second kappa shape index (κ2) is 17.8. The van der Waals surface area contributed by atoms with E-state index in [1.165, 1.54) is 187 Å². The molecule has 0 amide bonds. The summed E-state index contributed by atoms with van der Waals surface area (Å²) in [6.45, 7) is 4.59. The fraction of sp³-hybridized carbons (Fsp3) is 0.435. The molecule has 3 aromatic carbocycles. The van der Waals surface area contributed by atoms with Gasteiger partial charge in [-0.15, -0.1) is 45.3 Å². The highest BCUT2D eigenvalue weighted by Gasteiger charge is 2.18. The molecule has 0 aliphatic heterocycles. The monoisotopic (exact) mass is 734 g/mol. The first-order valence-corrected chi connectivity index (χ1v) is 23.0. The zero-order valence-corrected chi connectivity index (χ0v) is 33.6. The number of hydrogen-bond donors (Lipinski definition) is 0. The van der Waals surface area contributed by atoms with E-state index in [0.29, 0.717) is 0 Å². The van der Waals surface area contributed by atoms with Crippen molar-refractivity contribution < 1.29 is 0 Å². The highest BCUT2D eigenvalue weighted by molar-refractivity contribution is 7.39.